The molecule has 0 unspecified atom stereocenters. The summed E-state index contributed by atoms with van der Waals surface area (Å²) in [5.41, 5.74) is -0.633. The highest BCUT2D eigenvalue weighted by Crippen LogP contribution is 2.30. The minimum Gasteiger partial charge on any atom is -0.325 e. The van der Waals surface area contributed by atoms with Crippen LogP contribution in [0.1, 0.15) is 19.4 Å². The third kappa shape index (κ3) is 5.74. The number of anilines is 1. The van der Waals surface area contributed by atoms with Crippen LogP contribution >= 0.6 is 0 Å². The van der Waals surface area contributed by atoms with E-state index in [0.717, 1.165) is 12.1 Å². The molecule has 0 bridgehead atoms. The zero-order chi connectivity index (χ0) is 14.5. The third-order valence-electron chi connectivity index (χ3n) is 2.31. The summed E-state index contributed by atoms with van der Waals surface area (Å²) in [5.74, 6) is 0.0429. The first-order chi connectivity index (χ1) is 8.79. The van der Waals surface area contributed by atoms with Gasteiger partial charge in [0.05, 0.1) is 12.1 Å². The molecule has 0 saturated heterocycles. The van der Waals surface area contributed by atoms with E-state index in [-0.39, 0.29) is 18.1 Å². The first kappa shape index (κ1) is 15.5. The predicted octanol–water partition coefficient (Wildman–Crippen LogP) is 2.89. The van der Waals surface area contributed by atoms with Gasteiger partial charge in [-0.1, -0.05) is 19.9 Å². The Bertz CT molecular complexity index is 430. The number of carbonyl (C=O) groups excluding carboxylic acids is 1. The van der Waals surface area contributed by atoms with Gasteiger partial charge in [0.2, 0.25) is 5.91 Å². The van der Waals surface area contributed by atoms with Gasteiger partial charge in [-0.05, 0) is 30.7 Å². The molecule has 1 aromatic rings. The van der Waals surface area contributed by atoms with Crippen LogP contribution in [0, 0.1) is 5.92 Å². The van der Waals surface area contributed by atoms with Crippen LogP contribution in [0.25, 0.3) is 0 Å². The summed E-state index contributed by atoms with van der Waals surface area (Å²) in [6, 6.07) is 4.57. The van der Waals surface area contributed by atoms with Crippen molar-refractivity contribution >= 4 is 11.6 Å². The number of rotatable bonds is 5. The molecule has 0 aromatic heterocycles. The highest BCUT2D eigenvalue weighted by molar-refractivity contribution is 5.92. The van der Waals surface area contributed by atoms with Gasteiger partial charge in [-0.2, -0.15) is 13.2 Å². The summed E-state index contributed by atoms with van der Waals surface area (Å²) in [5, 5.41) is 5.34. The Kier molecular flexibility index (Phi) is 5.35. The third-order valence-corrected chi connectivity index (χ3v) is 2.31. The molecule has 6 heteroatoms. The maximum Gasteiger partial charge on any atom is 0.416 e. The Hall–Kier alpha value is -1.56. The van der Waals surface area contributed by atoms with E-state index in [9.17, 15) is 18.0 Å². The maximum atomic E-state index is 12.5. The van der Waals surface area contributed by atoms with Crippen molar-refractivity contribution in [3.8, 4) is 0 Å². The molecule has 0 spiro atoms. The molecule has 19 heavy (non-hydrogen) atoms. The van der Waals surface area contributed by atoms with E-state index >= 15 is 0 Å². The van der Waals surface area contributed by atoms with Crippen molar-refractivity contribution in [2.24, 2.45) is 5.92 Å². The highest BCUT2D eigenvalue weighted by atomic mass is 19.4. The Morgan fingerprint density at radius 1 is 1.32 bits per heavy atom. The lowest BCUT2D eigenvalue weighted by atomic mass is 10.2. The van der Waals surface area contributed by atoms with Gasteiger partial charge < -0.3 is 10.6 Å². The number of carbonyl (C=O) groups is 1. The number of hydrogen-bond donors (Lipinski definition) is 2. The van der Waals surface area contributed by atoms with E-state index in [2.05, 4.69) is 10.6 Å². The van der Waals surface area contributed by atoms with Gasteiger partial charge in [-0.25, -0.2) is 0 Å². The van der Waals surface area contributed by atoms with Gasteiger partial charge in [0.1, 0.15) is 0 Å². The SMILES string of the molecule is CC(C)CNCC(=O)Nc1cccc(C(F)(F)F)c1. The summed E-state index contributed by atoms with van der Waals surface area (Å²) in [4.78, 5) is 11.5. The van der Waals surface area contributed by atoms with Crippen molar-refractivity contribution in [3.05, 3.63) is 29.8 Å². The van der Waals surface area contributed by atoms with E-state index in [1.54, 1.807) is 0 Å². The second kappa shape index (κ2) is 6.56. The largest absolute Gasteiger partial charge is 0.416 e. The summed E-state index contributed by atoms with van der Waals surface area (Å²) in [6.07, 6.45) is -4.41. The van der Waals surface area contributed by atoms with Gasteiger partial charge in [0, 0.05) is 5.69 Å². The average Bonchev–Trinajstić information content (AvgIpc) is 2.27. The number of amides is 1. The van der Waals surface area contributed by atoms with Crippen LogP contribution in [0.2, 0.25) is 0 Å². The number of halogens is 3. The van der Waals surface area contributed by atoms with Gasteiger partial charge in [0.15, 0.2) is 0 Å². The van der Waals surface area contributed by atoms with E-state index < -0.39 is 11.7 Å². The second-order valence-electron chi connectivity index (χ2n) is 4.65. The fourth-order valence-electron chi connectivity index (χ4n) is 1.45. The molecule has 2 N–H and O–H groups in total. The van der Waals surface area contributed by atoms with E-state index in [1.165, 1.54) is 12.1 Å². The first-order valence-corrected chi connectivity index (χ1v) is 5.97. The molecular formula is C13H17F3N2O. The molecule has 0 aliphatic rings. The van der Waals surface area contributed by atoms with Crippen LogP contribution in [0.5, 0.6) is 0 Å². The molecule has 0 saturated carbocycles. The molecule has 0 fully saturated rings. The lowest BCUT2D eigenvalue weighted by Crippen LogP contribution is -2.30. The van der Waals surface area contributed by atoms with Gasteiger partial charge in [-0.3, -0.25) is 4.79 Å². The van der Waals surface area contributed by atoms with Crippen molar-refractivity contribution in [1.82, 2.24) is 5.32 Å². The molecule has 0 aliphatic heterocycles. The summed E-state index contributed by atoms with van der Waals surface area (Å²) < 4.78 is 37.4. The van der Waals surface area contributed by atoms with Crippen LogP contribution in [-0.2, 0) is 11.0 Å². The lowest BCUT2D eigenvalue weighted by molar-refractivity contribution is -0.137. The van der Waals surface area contributed by atoms with Gasteiger partial charge in [0.25, 0.3) is 0 Å². The van der Waals surface area contributed by atoms with Crippen molar-refractivity contribution in [1.29, 1.82) is 0 Å². The summed E-state index contributed by atoms with van der Waals surface area (Å²) >= 11 is 0. The number of benzene rings is 1. The molecule has 0 aliphatic carbocycles. The fourth-order valence-corrected chi connectivity index (χ4v) is 1.45. The quantitative estimate of drug-likeness (QED) is 0.866. The topological polar surface area (TPSA) is 41.1 Å². The molecule has 1 rings (SSSR count). The van der Waals surface area contributed by atoms with Crippen molar-refractivity contribution in [3.63, 3.8) is 0 Å². The average molecular weight is 274 g/mol. The van der Waals surface area contributed by atoms with Gasteiger partial charge >= 0.3 is 6.18 Å². The standard InChI is InChI=1S/C13H17F3N2O/c1-9(2)7-17-8-12(19)18-11-5-3-4-10(6-11)13(14,15)16/h3-6,9,17H,7-8H2,1-2H3,(H,18,19). The van der Waals surface area contributed by atoms with Crippen molar-refractivity contribution in [2.75, 3.05) is 18.4 Å². The minimum absolute atomic E-state index is 0.0778. The summed E-state index contributed by atoms with van der Waals surface area (Å²) in [6.45, 7) is 4.75. The molecule has 0 heterocycles. The Balaban J connectivity index is 2.55. The van der Waals surface area contributed by atoms with Crippen LogP contribution in [-0.4, -0.2) is 19.0 Å². The molecule has 3 nitrogen and oxygen atoms in total. The second-order valence-corrected chi connectivity index (χ2v) is 4.65. The monoisotopic (exact) mass is 274 g/mol. The van der Waals surface area contributed by atoms with Gasteiger partial charge in [-0.15, -0.1) is 0 Å². The molecule has 0 atom stereocenters. The normalized spacial score (nSPS) is 11.7. The molecule has 0 radical (unpaired) electrons. The Labute approximate surface area is 110 Å². The van der Waals surface area contributed by atoms with E-state index in [4.69, 9.17) is 0 Å². The van der Waals surface area contributed by atoms with Crippen LogP contribution in [0.4, 0.5) is 18.9 Å². The van der Waals surface area contributed by atoms with Crippen LogP contribution in [0.15, 0.2) is 24.3 Å². The van der Waals surface area contributed by atoms with Crippen molar-refractivity contribution in [2.45, 2.75) is 20.0 Å². The van der Waals surface area contributed by atoms with Crippen LogP contribution in [0.3, 0.4) is 0 Å². The molecule has 1 aromatic carbocycles. The fraction of sp³-hybridized carbons (Fsp3) is 0.462. The number of nitrogens with one attached hydrogen (secondary N) is 2. The molecular weight excluding hydrogens is 257 g/mol. The van der Waals surface area contributed by atoms with E-state index in [0.29, 0.717) is 12.5 Å². The zero-order valence-electron chi connectivity index (χ0n) is 10.8. The smallest absolute Gasteiger partial charge is 0.325 e. The number of hydrogen-bond acceptors (Lipinski definition) is 2. The Morgan fingerprint density at radius 2 is 2.00 bits per heavy atom. The molecule has 1 amide bonds. The number of alkyl halides is 3. The summed E-state index contributed by atoms with van der Waals surface area (Å²) in [7, 11) is 0. The highest BCUT2D eigenvalue weighted by Gasteiger charge is 2.30. The predicted molar refractivity (Wildman–Crippen MR) is 67.8 cm³/mol. The lowest BCUT2D eigenvalue weighted by Gasteiger charge is -2.11. The maximum absolute atomic E-state index is 12.5. The van der Waals surface area contributed by atoms with E-state index in [1.807, 2.05) is 13.8 Å². The molecule has 106 valence electrons. The van der Waals surface area contributed by atoms with Crippen LogP contribution < -0.4 is 10.6 Å². The zero-order valence-corrected chi connectivity index (χ0v) is 10.8. The van der Waals surface area contributed by atoms with Crippen molar-refractivity contribution < 1.29 is 18.0 Å². The Morgan fingerprint density at radius 3 is 2.58 bits per heavy atom. The first-order valence-electron chi connectivity index (χ1n) is 5.97. The minimum atomic E-state index is -4.41.